The van der Waals surface area contributed by atoms with Crippen LogP contribution < -0.4 is 4.74 Å². The molecule has 0 saturated carbocycles. The first-order valence-corrected chi connectivity index (χ1v) is 10.7. The van der Waals surface area contributed by atoms with E-state index in [1.54, 1.807) is 41.3 Å². The van der Waals surface area contributed by atoms with Gasteiger partial charge < -0.3 is 14.9 Å². The van der Waals surface area contributed by atoms with Crippen molar-refractivity contribution in [2.24, 2.45) is 0 Å². The fraction of sp³-hybridized carbons (Fsp3) is 0.167. The number of aliphatic carboxylic acids is 2. The topological polar surface area (TPSA) is 140 Å². The van der Waals surface area contributed by atoms with Crippen molar-refractivity contribution in [3.63, 3.8) is 0 Å². The van der Waals surface area contributed by atoms with E-state index in [1.807, 2.05) is 12.1 Å². The third kappa shape index (κ3) is 8.36. The highest BCUT2D eigenvalue weighted by Gasteiger charge is 2.38. The molecule has 0 aliphatic heterocycles. The van der Waals surface area contributed by atoms with Crippen molar-refractivity contribution in [2.75, 3.05) is 0 Å². The van der Waals surface area contributed by atoms with E-state index in [-0.39, 0.29) is 12.4 Å². The van der Waals surface area contributed by atoms with E-state index in [2.05, 4.69) is 20.1 Å². The minimum atomic E-state index is -5.08. The number of nitrogens with zero attached hydrogens (tertiary/aromatic N) is 5. The Morgan fingerprint density at radius 3 is 2.21 bits per heavy atom. The van der Waals surface area contributed by atoms with Gasteiger partial charge in [0.2, 0.25) is 0 Å². The Hall–Kier alpha value is -4.88. The molecule has 2 aromatic heterocycles. The normalized spacial score (nSPS) is 11.7. The van der Waals surface area contributed by atoms with Gasteiger partial charge in [-0.3, -0.25) is 4.79 Å². The van der Waals surface area contributed by atoms with E-state index in [0.29, 0.717) is 23.6 Å². The zero-order valence-corrected chi connectivity index (χ0v) is 19.3. The maximum absolute atomic E-state index is 13.3. The molecule has 0 amide bonds. The lowest BCUT2D eigenvalue weighted by molar-refractivity contribution is -0.192. The van der Waals surface area contributed by atoms with Crippen LogP contribution in [-0.2, 0) is 16.1 Å². The lowest BCUT2D eigenvalue weighted by atomic mass is 9.92. The number of carboxylic acid groups (broad SMARTS) is 2. The molecule has 0 aliphatic rings. The molecule has 1 unspecified atom stereocenters. The van der Waals surface area contributed by atoms with Crippen molar-refractivity contribution in [3.05, 3.63) is 96.1 Å². The maximum Gasteiger partial charge on any atom is 0.490 e. The molecule has 2 heterocycles. The molecule has 0 bridgehead atoms. The van der Waals surface area contributed by atoms with Crippen LogP contribution in [-0.4, -0.2) is 53.1 Å². The van der Waals surface area contributed by atoms with Crippen LogP contribution in [0.4, 0.5) is 17.6 Å². The molecule has 38 heavy (non-hydrogen) atoms. The van der Waals surface area contributed by atoms with E-state index in [1.165, 1.54) is 24.7 Å². The van der Waals surface area contributed by atoms with E-state index in [9.17, 15) is 27.5 Å². The van der Waals surface area contributed by atoms with Crippen molar-refractivity contribution in [1.82, 2.24) is 24.7 Å². The smallest absolute Gasteiger partial charge is 0.481 e. The number of hydrogen-bond donors (Lipinski definition) is 2. The number of alkyl halides is 3. The van der Waals surface area contributed by atoms with Gasteiger partial charge in [0, 0.05) is 12.1 Å². The van der Waals surface area contributed by atoms with Gasteiger partial charge in [0.25, 0.3) is 0 Å². The summed E-state index contributed by atoms with van der Waals surface area (Å²) in [4.78, 5) is 32.7. The average molecular weight is 533 g/mol. The van der Waals surface area contributed by atoms with Gasteiger partial charge in [-0.15, -0.1) is 0 Å². The molecule has 0 spiro atoms. The molecule has 1 atom stereocenters. The molecule has 10 nitrogen and oxygen atoms in total. The number of carbonyl (C=O) groups is 2. The first kappa shape index (κ1) is 27.7. The Kier molecular flexibility index (Phi) is 9.03. The van der Waals surface area contributed by atoms with Crippen LogP contribution >= 0.6 is 0 Å². The summed E-state index contributed by atoms with van der Waals surface area (Å²) in [5.74, 6) is -4.16. The third-order valence-electron chi connectivity index (χ3n) is 4.85. The summed E-state index contributed by atoms with van der Waals surface area (Å²) < 4.78 is 52.5. The van der Waals surface area contributed by atoms with Gasteiger partial charge in [0.05, 0.1) is 18.7 Å². The number of ether oxygens (including phenoxy) is 1. The highest BCUT2D eigenvalue weighted by Crippen LogP contribution is 2.28. The van der Waals surface area contributed by atoms with Crippen molar-refractivity contribution in [3.8, 4) is 11.8 Å². The monoisotopic (exact) mass is 533 g/mol. The molecule has 14 heteroatoms. The maximum atomic E-state index is 13.3. The Morgan fingerprint density at radius 2 is 1.66 bits per heavy atom. The summed E-state index contributed by atoms with van der Waals surface area (Å²) in [6.45, 7) is 0.584. The fourth-order valence-corrected chi connectivity index (χ4v) is 3.13. The van der Waals surface area contributed by atoms with Crippen molar-refractivity contribution >= 4 is 11.9 Å². The second kappa shape index (κ2) is 12.4. The van der Waals surface area contributed by atoms with Crippen LogP contribution in [0.5, 0.6) is 11.8 Å². The Bertz CT molecular complexity index is 1350. The zero-order chi connectivity index (χ0) is 27.7. The van der Waals surface area contributed by atoms with Gasteiger partial charge in [0.15, 0.2) is 0 Å². The summed E-state index contributed by atoms with van der Waals surface area (Å²) in [5.41, 5.74) is 2.14. The predicted octanol–water partition coefficient (Wildman–Crippen LogP) is 4.29. The average Bonchev–Trinajstić information content (AvgIpc) is 3.37. The van der Waals surface area contributed by atoms with Crippen LogP contribution in [0.15, 0.2) is 73.4 Å². The lowest BCUT2D eigenvalue weighted by Gasteiger charge is -2.15. The van der Waals surface area contributed by atoms with Gasteiger partial charge in [0.1, 0.15) is 24.2 Å². The number of halogens is 4. The molecular formula is C24H19F4N5O5. The SMILES string of the molecule is O=C(O)C(F)(F)F.O=C(O)CC(c1ccc(F)cc1)c1ccnc(Oc2ccc(Cn3cncn3)cc2)n1. The molecule has 4 rings (SSSR count). The van der Waals surface area contributed by atoms with E-state index in [4.69, 9.17) is 14.6 Å². The molecule has 0 radical (unpaired) electrons. The molecule has 2 aromatic carbocycles. The second-order valence-electron chi connectivity index (χ2n) is 7.61. The van der Waals surface area contributed by atoms with Crippen LogP contribution in [0.3, 0.4) is 0 Å². The molecular weight excluding hydrogens is 514 g/mol. The molecule has 4 aromatic rings. The predicted molar refractivity (Wildman–Crippen MR) is 122 cm³/mol. The Morgan fingerprint density at radius 1 is 1.00 bits per heavy atom. The van der Waals surface area contributed by atoms with Gasteiger partial charge in [-0.25, -0.2) is 23.8 Å². The number of benzene rings is 2. The molecule has 0 saturated heterocycles. The van der Waals surface area contributed by atoms with E-state index < -0.39 is 29.9 Å². The summed E-state index contributed by atoms with van der Waals surface area (Å²) in [6.07, 6.45) is -0.655. The van der Waals surface area contributed by atoms with Crippen molar-refractivity contribution in [2.45, 2.75) is 25.1 Å². The lowest BCUT2D eigenvalue weighted by Crippen LogP contribution is -2.21. The minimum absolute atomic E-state index is 0.0963. The van der Waals surface area contributed by atoms with Gasteiger partial charge >= 0.3 is 24.1 Å². The summed E-state index contributed by atoms with van der Waals surface area (Å²) in [6, 6.07) is 14.8. The first-order chi connectivity index (χ1) is 18.0. The quantitative estimate of drug-likeness (QED) is 0.318. The Balaban J connectivity index is 0.000000505. The third-order valence-corrected chi connectivity index (χ3v) is 4.85. The fourth-order valence-electron chi connectivity index (χ4n) is 3.13. The zero-order valence-electron chi connectivity index (χ0n) is 19.3. The second-order valence-corrected chi connectivity index (χ2v) is 7.61. The molecule has 198 valence electrons. The highest BCUT2D eigenvalue weighted by molar-refractivity contribution is 5.73. The molecule has 0 aliphatic carbocycles. The standard InChI is InChI=1S/C22H18FN5O3.C2HF3O2/c23-17-5-3-16(4-6-17)19(11-21(29)30)20-9-10-25-22(27-20)31-18-7-1-15(2-8-18)12-28-14-24-13-26-28;3-2(4,5)1(6)7/h1-10,13-14,19H,11-12H2,(H,29,30);(H,6,7). The highest BCUT2D eigenvalue weighted by atomic mass is 19.4. The van der Waals surface area contributed by atoms with E-state index in [0.717, 1.165) is 5.56 Å². The Labute approximate surface area is 212 Å². The van der Waals surface area contributed by atoms with Gasteiger partial charge in [-0.2, -0.15) is 23.3 Å². The molecule has 0 fully saturated rings. The largest absolute Gasteiger partial charge is 0.490 e. The summed E-state index contributed by atoms with van der Waals surface area (Å²) in [7, 11) is 0. The van der Waals surface area contributed by atoms with Crippen LogP contribution in [0.2, 0.25) is 0 Å². The number of carboxylic acids is 2. The minimum Gasteiger partial charge on any atom is -0.481 e. The number of hydrogen-bond acceptors (Lipinski definition) is 7. The van der Waals surface area contributed by atoms with Crippen LogP contribution in [0, 0.1) is 5.82 Å². The number of aromatic nitrogens is 5. The summed E-state index contributed by atoms with van der Waals surface area (Å²) >= 11 is 0. The first-order valence-electron chi connectivity index (χ1n) is 10.7. The van der Waals surface area contributed by atoms with Crippen LogP contribution in [0.25, 0.3) is 0 Å². The molecule has 2 N–H and O–H groups in total. The van der Waals surface area contributed by atoms with E-state index >= 15 is 0 Å². The number of rotatable bonds is 8. The van der Waals surface area contributed by atoms with Crippen molar-refractivity contribution < 1.29 is 42.1 Å². The van der Waals surface area contributed by atoms with Crippen molar-refractivity contribution in [1.29, 1.82) is 0 Å². The van der Waals surface area contributed by atoms with Gasteiger partial charge in [-0.1, -0.05) is 24.3 Å². The summed E-state index contributed by atoms with van der Waals surface area (Å²) in [5, 5.41) is 20.5. The van der Waals surface area contributed by atoms with Crippen LogP contribution in [0.1, 0.15) is 29.2 Å². The van der Waals surface area contributed by atoms with Gasteiger partial charge in [-0.05, 0) is 41.5 Å².